The fourth-order valence-electron chi connectivity index (χ4n) is 3.17. The fraction of sp³-hybridized carbons (Fsp3) is 0.529. The quantitative estimate of drug-likeness (QED) is 0.551. The van der Waals surface area contributed by atoms with E-state index in [0.717, 1.165) is 19.3 Å². The highest BCUT2D eigenvalue weighted by Crippen LogP contribution is 2.30. The molecule has 0 bridgehead atoms. The van der Waals surface area contributed by atoms with Crippen LogP contribution < -0.4 is 21.1 Å². The van der Waals surface area contributed by atoms with Gasteiger partial charge in [0.05, 0.1) is 4.90 Å². The summed E-state index contributed by atoms with van der Waals surface area (Å²) in [6.45, 7) is 1.71. The Bertz CT molecular complexity index is 758. The zero-order chi connectivity index (χ0) is 19.2. The second-order valence-electron chi connectivity index (χ2n) is 6.49. The van der Waals surface area contributed by atoms with Gasteiger partial charge in [0.15, 0.2) is 0 Å². The van der Waals surface area contributed by atoms with Crippen LogP contribution in [-0.2, 0) is 19.6 Å². The standard InChI is InChI=1S/C17H26N4O4S/c1-13(22)21-17(8-3-2-4-9-17)16(23)20-14-6-5-7-15(12-14)26(24,25)19-11-10-18/h5-7,12,19H,2-4,8-11,18H2,1H3,(H,20,23)(H,21,22). The Morgan fingerprint density at radius 1 is 1.19 bits per heavy atom. The number of hydrogen-bond donors (Lipinski definition) is 4. The molecule has 2 rings (SSSR count). The van der Waals surface area contributed by atoms with Crippen molar-refractivity contribution in [2.45, 2.75) is 49.5 Å². The van der Waals surface area contributed by atoms with Crippen molar-refractivity contribution in [2.75, 3.05) is 18.4 Å². The number of sulfonamides is 1. The summed E-state index contributed by atoms with van der Waals surface area (Å²) in [5.74, 6) is -0.582. The van der Waals surface area contributed by atoms with Crippen molar-refractivity contribution in [3.05, 3.63) is 24.3 Å². The van der Waals surface area contributed by atoms with Gasteiger partial charge >= 0.3 is 0 Å². The molecule has 9 heteroatoms. The van der Waals surface area contributed by atoms with Crippen LogP contribution in [0.25, 0.3) is 0 Å². The molecule has 1 aromatic rings. The van der Waals surface area contributed by atoms with E-state index in [1.54, 1.807) is 12.1 Å². The van der Waals surface area contributed by atoms with E-state index in [0.29, 0.717) is 18.5 Å². The average Bonchev–Trinajstić information content (AvgIpc) is 2.60. The lowest BCUT2D eigenvalue weighted by molar-refractivity contribution is -0.130. The van der Waals surface area contributed by atoms with Gasteiger partial charge in [0, 0.05) is 25.7 Å². The van der Waals surface area contributed by atoms with Crippen LogP contribution in [0.5, 0.6) is 0 Å². The number of hydrogen-bond acceptors (Lipinski definition) is 5. The van der Waals surface area contributed by atoms with Crippen LogP contribution in [0.3, 0.4) is 0 Å². The second kappa shape index (κ2) is 8.61. The Hall–Kier alpha value is -1.97. The topological polar surface area (TPSA) is 130 Å². The number of rotatable bonds is 7. The molecule has 2 amide bonds. The molecule has 1 aromatic carbocycles. The molecule has 0 atom stereocenters. The van der Waals surface area contributed by atoms with E-state index in [1.165, 1.54) is 19.1 Å². The van der Waals surface area contributed by atoms with Gasteiger partial charge in [-0.3, -0.25) is 9.59 Å². The number of benzene rings is 1. The maximum Gasteiger partial charge on any atom is 0.250 e. The highest BCUT2D eigenvalue weighted by Gasteiger charge is 2.40. The van der Waals surface area contributed by atoms with Gasteiger partial charge in [-0.15, -0.1) is 0 Å². The minimum Gasteiger partial charge on any atom is -0.342 e. The molecule has 1 fully saturated rings. The Balaban J connectivity index is 2.20. The van der Waals surface area contributed by atoms with Gasteiger partial charge in [0.25, 0.3) is 0 Å². The molecule has 1 aliphatic rings. The molecule has 0 aliphatic heterocycles. The van der Waals surface area contributed by atoms with Crippen LogP contribution in [0.2, 0.25) is 0 Å². The van der Waals surface area contributed by atoms with Crippen molar-refractivity contribution in [3.8, 4) is 0 Å². The Kier molecular flexibility index (Phi) is 6.74. The smallest absolute Gasteiger partial charge is 0.250 e. The van der Waals surface area contributed by atoms with E-state index >= 15 is 0 Å². The predicted molar refractivity (Wildman–Crippen MR) is 98.9 cm³/mol. The molecule has 1 aliphatic carbocycles. The van der Waals surface area contributed by atoms with Gasteiger partial charge in [-0.1, -0.05) is 25.3 Å². The first-order valence-electron chi connectivity index (χ1n) is 8.69. The lowest BCUT2D eigenvalue weighted by Crippen LogP contribution is -2.57. The van der Waals surface area contributed by atoms with Crippen LogP contribution in [0.15, 0.2) is 29.2 Å². The first kappa shape index (κ1) is 20.3. The largest absolute Gasteiger partial charge is 0.342 e. The highest BCUT2D eigenvalue weighted by molar-refractivity contribution is 7.89. The molecule has 8 nitrogen and oxygen atoms in total. The third kappa shape index (κ3) is 5.03. The molecule has 144 valence electrons. The molecule has 0 spiro atoms. The van der Waals surface area contributed by atoms with Gasteiger partial charge in [-0.05, 0) is 31.0 Å². The van der Waals surface area contributed by atoms with Gasteiger partial charge in [0.2, 0.25) is 21.8 Å². The number of amides is 2. The number of carbonyl (C=O) groups excluding carboxylic acids is 2. The second-order valence-corrected chi connectivity index (χ2v) is 8.26. The van der Waals surface area contributed by atoms with E-state index < -0.39 is 15.6 Å². The van der Waals surface area contributed by atoms with E-state index in [2.05, 4.69) is 15.4 Å². The van der Waals surface area contributed by atoms with E-state index in [4.69, 9.17) is 5.73 Å². The SMILES string of the molecule is CC(=O)NC1(C(=O)Nc2cccc(S(=O)(=O)NCCN)c2)CCCCC1. The van der Waals surface area contributed by atoms with Crippen molar-refractivity contribution in [1.82, 2.24) is 10.0 Å². The van der Waals surface area contributed by atoms with Gasteiger partial charge in [-0.25, -0.2) is 13.1 Å². The molecule has 0 unspecified atom stereocenters. The zero-order valence-electron chi connectivity index (χ0n) is 14.9. The number of anilines is 1. The highest BCUT2D eigenvalue weighted by atomic mass is 32.2. The number of nitrogens with two attached hydrogens (primary N) is 1. The minimum atomic E-state index is -3.69. The molecule has 1 saturated carbocycles. The lowest BCUT2D eigenvalue weighted by atomic mass is 9.80. The third-order valence-electron chi connectivity index (χ3n) is 4.40. The van der Waals surface area contributed by atoms with Crippen LogP contribution in [0, 0.1) is 0 Å². The molecule has 26 heavy (non-hydrogen) atoms. The normalized spacial score (nSPS) is 16.7. The molecule has 0 radical (unpaired) electrons. The minimum absolute atomic E-state index is 0.0426. The van der Waals surface area contributed by atoms with Gasteiger partial charge in [-0.2, -0.15) is 0 Å². The molecule has 0 heterocycles. The van der Waals surface area contributed by atoms with Gasteiger partial charge in [0.1, 0.15) is 5.54 Å². The van der Waals surface area contributed by atoms with Crippen LogP contribution in [0.1, 0.15) is 39.0 Å². The zero-order valence-corrected chi connectivity index (χ0v) is 15.7. The third-order valence-corrected chi connectivity index (χ3v) is 5.85. The predicted octanol–water partition coefficient (Wildman–Crippen LogP) is 0.701. The molecule has 5 N–H and O–H groups in total. The molecule has 0 aromatic heterocycles. The Morgan fingerprint density at radius 3 is 2.50 bits per heavy atom. The van der Waals surface area contributed by atoms with Crippen molar-refractivity contribution in [3.63, 3.8) is 0 Å². The summed E-state index contributed by atoms with van der Waals surface area (Å²) in [5.41, 5.74) is 4.74. The maximum atomic E-state index is 12.9. The van der Waals surface area contributed by atoms with E-state index in [1.807, 2.05) is 0 Å². The summed E-state index contributed by atoms with van der Waals surface area (Å²) in [4.78, 5) is 24.5. The summed E-state index contributed by atoms with van der Waals surface area (Å²) in [5, 5.41) is 5.55. The van der Waals surface area contributed by atoms with E-state index in [9.17, 15) is 18.0 Å². The van der Waals surface area contributed by atoms with Crippen LogP contribution in [-0.4, -0.2) is 38.9 Å². The molecule has 0 saturated heterocycles. The molecular formula is C17H26N4O4S. The van der Waals surface area contributed by atoms with Crippen molar-refractivity contribution in [2.24, 2.45) is 5.73 Å². The number of nitrogens with one attached hydrogen (secondary N) is 3. The molecular weight excluding hydrogens is 356 g/mol. The van der Waals surface area contributed by atoms with Crippen LogP contribution in [0.4, 0.5) is 5.69 Å². The Labute approximate surface area is 154 Å². The Morgan fingerprint density at radius 2 is 1.88 bits per heavy atom. The first-order valence-corrected chi connectivity index (χ1v) is 10.2. The van der Waals surface area contributed by atoms with Crippen LogP contribution >= 0.6 is 0 Å². The lowest BCUT2D eigenvalue weighted by Gasteiger charge is -2.36. The summed E-state index contributed by atoms with van der Waals surface area (Å²) in [6.07, 6.45) is 3.86. The van der Waals surface area contributed by atoms with Gasteiger partial charge < -0.3 is 16.4 Å². The first-order chi connectivity index (χ1) is 12.3. The summed E-state index contributed by atoms with van der Waals surface area (Å²) in [6, 6.07) is 6.00. The summed E-state index contributed by atoms with van der Waals surface area (Å²) in [7, 11) is -3.69. The number of carbonyl (C=O) groups is 2. The fourth-order valence-corrected chi connectivity index (χ4v) is 4.26. The monoisotopic (exact) mass is 382 g/mol. The van der Waals surface area contributed by atoms with Crippen molar-refractivity contribution >= 4 is 27.5 Å². The van der Waals surface area contributed by atoms with E-state index in [-0.39, 0.29) is 29.8 Å². The average molecular weight is 382 g/mol. The summed E-state index contributed by atoms with van der Waals surface area (Å²) < 4.78 is 26.8. The van der Waals surface area contributed by atoms with Crippen molar-refractivity contribution in [1.29, 1.82) is 0 Å². The van der Waals surface area contributed by atoms with Crippen molar-refractivity contribution < 1.29 is 18.0 Å². The maximum absolute atomic E-state index is 12.9. The summed E-state index contributed by atoms with van der Waals surface area (Å²) >= 11 is 0.